The molecule has 0 spiro atoms. The number of halogens is 4. The molecule has 13 heteroatoms. The number of benzene rings is 2. The number of carbonyl (C=O) groups excluding carboxylic acids is 1. The van der Waals surface area contributed by atoms with Gasteiger partial charge in [0.1, 0.15) is 18.7 Å². The Morgan fingerprint density at radius 2 is 2.08 bits per heavy atom. The van der Waals surface area contributed by atoms with Gasteiger partial charge in [-0.3, -0.25) is 4.79 Å². The van der Waals surface area contributed by atoms with Gasteiger partial charge in [-0.25, -0.2) is 4.98 Å². The van der Waals surface area contributed by atoms with Crippen molar-refractivity contribution in [3.63, 3.8) is 0 Å². The molecule has 0 saturated carbocycles. The van der Waals surface area contributed by atoms with E-state index in [-0.39, 0.29) is 40.1 Å². The van der Waals surface area contributed by atoms with Crippen molar-refractivity contribution in [2.45, 2.75) is 18.7 Å². The molecule has 0 aliphatic carbocycles. The van der Waals surface area contributed by atoms with E-state index in [4.69, 9.17) is 21.1 Å². The van der Waals surface area contributed by atoms with E-state index in [9.17, 15) is 23.1 Å². The van der Waals surface area contributed by atoms with Crippen LogP contribution in [0.2, 0.25) is 5.02 Å². The second-order valence-electron chi connectivity index (χ2n) is 8.49. The maximum atomic E-state index is 13.6. The fraction of sp³-hybridized carbons (Fsp3) is 0.292. The Balaban J connectivity index is 1.40. The lowest BCUT2D eigenvalue weighted by molar-refractivity contribution is -0.137. The summed E-state index contributed by atoms with van der Waals surface area (Å²) in [4.78, 5) is 22.8. The molecule has 2 aromatic carbocycles. The molecule has 0 unspecified atom stereocenters. The zero-order valence-electron chi connectivity index (χ0n) is 19.2. The topological polar surface area (TPSA) is 109 Å². The van der Waals surface area contributed by atoms with Gasteiger partial charge in [0.15, 0.2) is 5.82 Å². The number of β-amino-alcohol motifs (C(OH)–C–C–N with tert-alkyl or cyclic N) is 1. The number of nitrogens with one attached hydrogen (secondary N) is 2. The average Bonchev–Trinajstić information content (AvgIpc) is 3.31. The number of nitrogens with zero attached hydrogens (tertiary/aromatic N) is 3. The highest BCUT2D eigenvalue weighted by Crippen LogP contribution is 2.39. The second-order valence-corrected chi connectivity index (χ2v) is 8.90. The van der Waals surface area contributed by atoms with Crippen LogP contribution in [0.4, 0.5) is 30.4 Å². The van der Waals surface area contributed by atoms with Crippen molar-refractivity contribution < 1.29 is 32.5 Å². The Hall–Kier alpha value is -3.77. The molecule has 1 amide bonds. The van der Waals surface area contributed by atoms with Crippen LogP contribution in [0.25, 0.3) is 0 Å². The summed E-state index contributed by atoms with van der Waals surface area (Å²) in [6, 6.07) is 7.51. The molecule has 1 atom stereocenters. The van der Waals surface area contributed by atoms with Gasteiger partial charge in [-0.15, -0.1) is 0 Å². The number of aliphatic hydroxyl groups is 1. The molecule has 5 rings (SSSR count). The summed E-state index contributed by atoms with van der Waals surface area (Å²) in [7, 11) is 0. The summed E-state index contributed by atoms with van der Waals surface area (Å²) in [5, 5.41) is 15.6. The molecule has 3 N–H and O–H groups in total. The SMILES string of the molecule is O=C(Nc1cc(N2CC[C@@H](O)C2)cc(C(F)(F)F)c1)c1ccc(Cl)c(Oc2ncnc3c2OCCN3)c1. The lowest BCUT2D eigenvalue weighted by Crippen LogP contribution is -2.22. The number of hydrogen-bond donors (Lipinski definition) is 3. The third kappa shape index (κ3) is 5.49. The van der Waals surface area contributed by atoms with E-state index >= 15 is 0 Å². The van der Waals surface area contributed by atoms with E-state index in [2.05, 4.69) is 20.6 Å². The van der Waals surface area contributed by atoms with Crippen LogP contribution in [0.1, 0.15) is 22.3 Å². The lowest BCUT2D eigenvalue weighted by atomic mass is 10.1. The van der Waals surface area contributed by atoms with E-state index in [1.165, 1.54) is 30.6 Å². The van der Waals surface area contributed by atoms with Crippen LogP contribution in [0.3, 0.4) is 0 Å². The predicted molar refractivity (Wildman–Crippen MR) is 130 cm³/mol. The third-order valence-electron chi connectivity index (χ3n) is 5.84. The summed E-state index contributed by atoms with van der Waals surface area (Å²) in [6.07, 6.45) is -3.52. The number of aromatic nitrogens is 2. The summed E-state index contributed by atoms with van der Waals surface area (Å²) >= 11 is 6.26. The molecule has 3 aromatic rings. The molecule has 9 nitrogen and oxygen atoms in total. The Kier molecular flexibility index (Phi) is 6.69. The molecule has 0 radical (unpaired) electrons. The van der Waals surface area contributed by atoms with Crippen LogP contribution >= 0.6 is 11.6 Å². The first-order valence-electron chi connectivity index (χ1n) is 11.3. The fourth-order valence-corrected chi connectivity index (χ4v) is 4.20. The van der Waals surface area contributed by atoms with Crippen molar-refractivity contribution in [1.29, 1.82) is 0 Å². The number of anilines is 3. The number of hydrogen-bond acceptors (Lipinski definition) is 8. The first-order valence-corrected chi connectivity index (χ1v) is 11.7. The quantitative estimate of drug-likeness (QED) is 0.436. The molecule has 2 aliphatic rings. The summed E-state index contributed by atoms with van der Waals surface area (Å²) < 4.78 is 52.1. The number of ether oxygens (including phenoxy) is 2. The highest BCUT2D eigenvalue weighted by molar-refractivity contribution is 6.32. The van der Waals surface area contributed by atoms with Crippen LogP contribution in [-0.4, -0.2) is 53.3 Å². The molecule has 37 heavy (non-hydrogen) atoms. The molecular formula is C24H21ClF3N5O4. The fourth-order valence-electron chi connectivity index (χ4n) is 4.04. The molecule has 2 aliphatic heterocycles. The molecule has 0 bridgehead atoms. The van der Waals surface area contributed by atoms with Crippen LogP contribution < -0.4 is 25.0 Å². The zero-order chi connectivity index (χ0) is 26.2. The van der Waals surface area contributed by atoms with Crippen molar-refractivity contribution in [3.8, 4) is 17.4 Å². The highest BCUT2D eigenvalue weighted by atomic mass is 35.5. The lowest BCUT2D eigenvalue weighted by Gasteiger charge is -2.21. The van der Waals surface area contributed by atoms with Gasteiger partial charge in [0.2, 0.25) is 5.75 Å². The molecule has 1 aromatic heterocycles. The van der Waals surface area contributed by atoms with E-state index in [1.54, 1.807) is 4.90 Å². The predicted octanol–water partition coefficient (Wildman–Crippen LogP) is 4.57. The Labute approximate surface area is 214 Å². The zero-order valence-corrected chi connectivity index (χ0v) is 19.9. The number of carbonyl (C=O) groups is 1. The van der Waals surface area contributed by atoms with Crippen molar-refractivity contribution in [2.75, 3.05) is 41.8 Å². The number of aliphatic hydroxyl groups excluding tert-OH is 1. The van der Waals surface area contributed by atoms with Crippen LogP contribution in [0.5, 0.6) is 17.4 Å². The third-order valence-corrected chi connectivity index (χ3v) is 6.16. The van der Waals surface area contributed by atoms with Gasteiger partial charge in [-0.1, -0.05) is 11.6 Å². The monoisotopic (exact) mass is 535 g/mol. The smallest absolute Gasteiger partial charge is 0.416 e. The maximum Gasteiger partial charge on any atom is 0.416 e. The van der Waals surface area contributed by atoms with E-state index in [0.29, 0.717) is 37.7 Å². The van der Waals surface area contributed by atoms with Crippen LogP contribution in [0, 0.1) is 0 Å². The highest BCUT2D eigenvalue weighted by Gasteiger charge is 2.33. The van der Waals surface area contributed by atoms with Gasteiger partial charge in [0.25, 0.3) is 11.8 Å². The minimum atomic E-state index is -4.62. The molecule has 194 valence electrons. The number of rotatable bonds is 5. The Morgan fingerprint density at radius 3 is 2.84 bits per heavy atom. The Bertz CT molecular complexity index is 1340. The summed E-state index contributed by atoms with van der Waals surface area (Å²) in [6.45, 7) is 1.55. The van der Waals surface area contributed by atoms with Crippen molar-refractivity contribution >= 4 is 34.7 Å². The largest absolute Gasteiger partial charge is 0.483 e. The first-order chi connectivity index (χ1) is 17.7. The number of alkyl halides is 3. The summed E-state index contributed by atoms with van der Waals surface area (Å²) in [5.74, 6) is 0.262. The number of fused-ring (bicyclic) bond motifs is 1. The van der Waals surface area contributed by atoms with Gasteiger partial charge in [0, 0.05) is 30.0 Å². The second kappa shape index (κ2) is 9.94. The van der Waals surface area contributed by atoms with Gasteiger partial charge < -0.3 is 30.1 Å². The van der Waals surface area contributed by atoms with Crippen molar-refractivity contribution in [2.24, 2.45) is 0 Å². The normalized spacial score (nSPS) is 17.0. The van der Waals surface area contributed by atoms with Gasteiger partial charge in [-0.05, 0) is 42.8 Å². The van der Waals surface area contributed by atoms with E-state index < -0.39 is 23.8 Å². The minimum absolute atomic E-state index is 0.0435. The van der Waals surface area contributed by atoms with Gasteiger partial charge >= 0.3 is 6.18 Å². The average molecular weight is 536 g/mol. The Morgan fingerprint density at radius 1 is 1.24 bits per heavy atom. The minimum Gasteiger partial charge on any atom is -0.483 e. The van der Waals surface area contributed by atoms with Gasteiger partial charge in [0.05, 0.1) is 23.2 Å². The number of amides is 1. The van der Waals surface area contributed by atoms with Crippen molar-refractivity contribution in [1.82, 2.24) is 9.97 Å². The van der Waals surface area contributed by atoms with Crippen LogP contribution in [0.15, 0.2) is 42.7 Å². The standard InChI is InChI=1S/C24H21ClF3N5O4/c25-18-2-1-13(7-19(18)37-23-20-21(30-12-31-23)29-4-6-36-20)22(35)32-15-8-14(24(26,27)28)9-16(10-15)33-5-3-17(34)11-33/h1-2,7-10,12,17,34H,3-6,11H2,(H,32,35)(H,29,30,31)/t17-/m1/s1. The maximum absolute atomic E-state index is 13.6. The van der Waals surface area contributed by atoms with E-state index in [0.717, 1.165) is 12.1 Å². The molecular weight excluding hydrogens is 515 g/mol. The van der Waals surface area contributed by atoms with E-state index in [1.807, 2.05) is 0 Å². The molecule has 1 fully saturated rings. The molecule has 3 heterocycles. The first kappa shape index (κ1) is 24.9. The van der Waals surface area contributed by atoms with Crippen molar-refractivity contribution in [3.05, 3.63) is 58.9 Å². The summed E-state index contributed by atoms with van der Waals surface area (Å²) in [5.41, 5.74) is -0.609. The van der Waals surface area contributed by atoms with Gasteiger partial charge in [-0.2, -0.15) is 18.2 Å². The van der Waals surface area contributed by atoms with Crippen LogP contribution in [-0.2, 0) is 6.18 Å². The molecule has 1 saturated heterocycles.